The third kappa shape index (κ3) is 4.96. The fourth-order valence-corrected chi connectivity index (χ4v) is 3.50. The minimum atomic E-state index is -0.662. The molecule has 0 aliphatic rings. The average Bonchev–Trinajstić information content (AvgIpc) is 3.13. The van der Waals surface area contributed by atoms with Crippen LogP contribution in [0.2, 0.25) is 0 Å². The molecule has 0 unspecified atom stereocenters. The largest absolute Gasteiger partial charge is 0.455 e. The van der Waals surface area contributed by atoms with Gasteiger partial charge in [0.15, 0.2) is 0 Å². The summed E-state index contributed by atoms with van der Waals surface area (Å²) in [7, 11) is 0. The van der Waals surface area contributed by atoms with E-state index in [-0.39, 0.29) is 36.6 Å². The third-order valence-electron chi connectivity index (χ3n) is 4.95. The fourth-order valence-electron chi connectivity index (χ4n) is 3.50. The standard InChI is InChI=1S/C25H23NO7/c1-14(2)30-13-20-19-6-4-5-7-21(19)33-24(20)25(29)31-12-16-10-23(28)32-22-11-17(26-15(3)27)8-9-18(16)22/h4-11,14H,12-13H2,1-3H3,(H,26,27). The number of carbonyl (C=O) groups is 2. The monoisotopic (exact) mass is 449 g/mol. The van der Waals surface area contributed by atoms with Gasteiger partial charge in [-0.05, 0) is 32.0 Å². The lowest BCUT2D eigenvalue weighted by molar-refractivity contribution is -0.114. The molecule has 0 radical (unpaired) electrons. The Morgan fingerprint density at radius 1 is 0.970 bits per heavy atom. The van der Waals surface area contributed by atoms with Gasteiger partial charge in [-0.1, -0.05) is 18.2 Å². The number of esters is 1. The van der Waals surface area contributed by atoms with Crippen LogP contribution in [0.3, 0.4) is 0 Å². The zero-order chi connectivity index (χ0) is 23.5. The van der Waals surface area contributed by atoms with Crippen molar-refractivity contribution in [3.63, 3.8) is 0 Å². The molecule has 8 nitrogen and oxygen atoms in total. The molecule has 1 amide bonds. The molecule has 8 heteroatoms. The van der Waals surface area contributed by atoms with E-state index in [0.29, 0.717) is 27.8 Å². The molecule has 2 heterocycles. The predicted octanol–water partition coefficient (Wildman–Crippen LogP) is 4.78. The molecule has 4 aromatic rings. The maximum atomic E-state index is 12.9. The Hall–Kier alpha value is -3.91. The van der Waals surface area contributed by atoms with Gasteiger partial charge in [-0.2, -0.15) is 0 Å². The van der Waals surface area contributed by atoms with Crippen LogP contribution in [0, 0.1) is 0 Å². The van der Waals surface area contributed by atoms with Crippen molar-refractivity contribution in [1.82, 2.24) is 0 Å². The van der Waals surface area contributed by atoms with Crippen molar-refractivity contribution in [1.29, 1.82) is 0 Å². The summed E-state index contributed by atoms with van der Waals surface area (Å²) in [6.07, 6.45) is -0.0279. The van der Waals surface area contributed by atoms with E-state index in [0.717, 1.165) is 5.39 Å². The van der Waals surface area contributed by atoms with E-state index in [4.69, 9.17) is 18.3 Å². The van der Waals surface area contributed by atoms with Crippen LogP contribution in [0.4, 0.5) is 5.69 Å². The molecule has 0 fully saturated rings. The van der Waals surface area contributed by atoms with E-state index in [2.05, 4.69) is 5.32 Å². The number of furan rings is 1. The summed E-state index contributed by atoms with van der Waals surface area (Å²) in [4.78, 5) is 36.3. The highest BCUT2D eigenvalue weighted by atomic mass is 16.5. The van der Waals surface area contributed by atoms with Crippen LogP contribution in [0.1, 0.15) is 42.5 Å². The molecular formula is C25H23NO7. The first kappa shape index (κ1) is 22.3. The van der Waals surface area contributed by atoms with Crippen LogP contribution < -0.4 is 10.9 Å². The Morgan fingerprint density at radius 3 is 2.52 bits per heavy atom. The zero-order valence-electron chi connectivity index (χ0n) is 18.5. The number of rotatable bonds is 7. The highest BCUT2D eigenvalue weighted by molar-refractivity contribution is 5.96. The van der Waals surface area contributed by atoms with Crippen molar-refractivity contribution >= 4 is 39.5 Å². The summed E-state index contributed by atoms with van der Waals surface area (Å²) in [6.45, 7) is 5.23. The number of amides is 1. The summed E-state index contributed by atoms with van der Waals surface area (Å²) in [5, 5.41) is 4.00. The van der Waals surface area contributed by atoms with Gasteiger partial charge in [0, 0.05) is 46.6 Å². The van der Waals surface area contributed by atoms with Crippen molar-refractivity contribution in [2.75, 3.05) is 5.32 Å². The highest BCUT2D eigenvalue weighted by Gasteiger charge is 2.23. The quantitative estimate of drug-likeness (QED) is 0.319. The lowest BCUT2D eigenvalue weighted by Crippen LogP contribution is -2.11. The maximum absolute atomic E-state index is 12.9. The number of hydrogen-bond acceptors (Lipinski definition) is 7. The molecule has 0 saturated heterocycles. The van der Waals surface area contributed by atoms with E-state index in [9.17, 15) is 14.4 Å². The lowest BCUT2D eigenvalue weighted by atomic mass is 10.1. The van der Waals surface area contributed by atoms with Gasteiger partial charge in [-0.15, -0.1) is 0 Å². The lowest BCUT2D eigenvalue weighted by Gasteiger charge is -2.10. The minimum Gasteiger partial charge on any atom is -0.455 e. The maximum Gasteiger partial charge on any atom is 0.374 e. The van der Waals surface area contributed by atoms with Crippen LogP contribution in [-0.2, 0) is 27.5 Å². The third-order valence-corrected chi connectivity index (χ3v) is 4.95. The first-order valence-electron chi connectivity index (χ1n) is 10.5. The first-order valence-corrected chi connectivity index (χ1v) is 10.5. The second-order valence-corrected chi connectivity index (χ2v) is 7.82. The number of hydrogen-bond donors (Lipinski definition) is 1. The molecule has 0 bridgehead atoms. The normalized spacial score (nSPS) is 11.3. The Labute approximate surface area is 189 Å². The van der Waals surface area contributed by atoms with Crippen LogP contribution >= 0.6 is 0 Å². The van der Waals surface area contributed by atoms with E-state index in [1.54, 1.807) is 24.3 Å². The van der Waals surface area contributed by atoms with Crippen molar-refractivity contribution in [2.24, 2.45) is 0 Å². The smallest absolute Gasteiger partial charge is 0.374 e. The van der Waals surface area contributed by atoms with Gasteiger partial charge < -0.3 is 23.6 Å². The van der Waals surface area contributed by atoms with Crippen LogP contribution in [0.5, 0.6) is 0 Å². The van der Waals surface area contributed by atoms with Gasteiger partial charge in [-0.3, -0.25) is 4.79 Å². The van der Waals surface area contributed by atoms with Crippen molar-refractivity contribution in [3.05, 3.63) is 75.8 Å². The molecule has 170 valence electrons. The van der Waals surface area contributed by atoms with Crippen LogP contribution in [-0.4, -0.2) is 18.0 Å². The molecule has 2 aromatic heterocycles. The van der Waals surface area contributed by atoms with E-state index in [1.165, 1.54) is 13.0 Å². The Bertz CT molecular complexity index is 1400. The number of anilines is 1. The molecule has 4 rings (SSSR count). The summed E-state index contributed by atoms with van der Waals surface area (Å²) < 4.78 is 22.2. The molecule has 33 heavy (non-hydrogen) atoms. The molecule has 0 saturated carbocycles. The molecule has 0 atom stereocenters. The van der Waals surface area contributed by atoms with Crippen molar-refractivity contribution in [2.45, 2.75) is 40.1 Å². The molecule has 0 aliphatic carbocycles. The molecule has 0 spiro atoms. The van der Waals surface area contributed by atoms with Gasteiger partial charge in [0.25, 0.3) is 0 Å². The Kier molecular flexibility index (Phi) is 6.28. The predicted molar refractivity (Wildman–Crippen MR) is 122 cm³/mol. The number of nitrogens with one attached hydrogen (secondary N) is 1. The SMILES string of the molecule is CC(=O)Nc1ccc2c(COC(=O)c3oc4ccccc4c3COC(C)C)cc(=O)oc2c1. The summed E-state index contributed by atoms with van der Waals surface area (Å²) in [5.74, 6) is -0.841. The molecule has 2 aromatic carbocycles. The van der Waals surface area contributed by atoms with Gasteiger partial charge in [0.1, 0.15) is 17.8 Å². The number of ether oxygens (including phenoxy) is 2. The number of benzene rings is 2. The molecular weight excluding hydrogens is 426 g/mol. The Morgan fingerprint density at radius 2 is 1.76 bits per heavy atom. The Balaban J connectivity index is 1.61. The summed E-state index contributed by atoms with van der Waals surface area (Å²) >= 11 is 0. The van der Waals surface area contributed by atoms with Gasteiger partial charge >= 0.3 is 11.6 Å². The number of fused-ring (bicyclic) bond motifs is 2. The topological polar surface area (TPSA) is 108 Å². The molecule has 0 aliphatic heterocycles. The van der Waals surface area contributed by atoms with Crippen molar-refractivity contribution < 1.29 is 27.9 Å². The summed E-state index contributed by atoms with van der Waals surface area (Å²) in [5.41, 5.74) is 1.81. The minimum absolute atomic E-state index is 0.0279. The number of carbonyl (C=O) groups excluding carboxylic acids is 2. The molecule has 1 N–H and O–H groups in total. The second-order valence-electron chi connectivity index (χ2n) is 7.82. The number of para-hydroxylation sites is 1. The van der Waals surface area contributed by atoms with Gasteiger partial charge in [-0.25, -0.2) is 9.59 Å². The van der Waals surface area contributed by atoms with E-state index >= 15 is 0 Å². The van der Waals surface area contributed by atoms with Crippen LogP contribution in [0.25, 0.3) is 21.9 Å². The van der Waals surface area contributed by atoms with Gasteiger partial charge in [0.2, 0.25) is 11.7 Å². The first-order chi connectivity index (χ1) is 15.8. The van der Waals surface area contributed by atoms with Crippen molar-refractivity contribution in [3.8, 4) is 0 Å². The van der Waals surface area contributed by atoms with Gasteiger partial charge in [0.05, 0.1) is 12.7 Å². The zero-order valence-corrected chi connectivity index (χ0v) is 18.5. The van der Waals surface area contributed by atoms with E-state index < -0.39 is 11.6 Å². The summed E-state index contributed by atoms with van der Waals surface area (Å²) in [6, 6.07) is 13.5. The highest BCUT2D eigenvalue weighted by Crippen LogP contribution is 2.28. The van der Waals surface area contributed by atoms with Crippen LogP contribution in [0.15, 0.2) is 62.2 Å². The van der Waals surface area contributed by atoms with E-state index in [1.807, 2.05) is 32.0 Å². The second kappa shape index (κ2) is 9.30. The fraction of sp³-hybridized carbons (Fsp3) is 0.240. The average molecular weight is 449 g/mol.